The Bertz CT molecular complexity index is 423. The zero-order valence-electron chi connectivity index (χ0n) is 8.97. The molecular formula is C11H12ClNOSi. The number of carbonyl (C=O) groups excluding carboxylic acids is 1. The highest BCUT2D eigenvalue weighted by Crippen LogP contribution is 2.06. The minimum atomic E-state index is -1.50. The monoisotopic (exact) mass is 237 g/mol. The molecule has 0 bridgehead atoms. The van der Waals surface area contributed by atoms with E-state index in [-0.39, 0.29) is 5.78 Å². The third-order valence-electron chi connectivity index (χ3n) is 1.51. The van der Waals surface area contributed by atoms with Gasteiger partial charge in [-0.05, 0) is 18.1 Å². The molecule has 15 heavy (non-hydrogen) atoms. The van der Waals surface area contributed by atoms with E-state index in [2.05, 4.69) is 36.1 Å². The van der Waals surface area contributed by atoms with Gasteiger partial charge in [0.25, 0.3) is 5.78 Å². The van der Waals surface area contributed by atoms with E-state index in [1.165, 1.54) is 6.20 Å². The molecule has 0 aromatic carbocycles. The number of hydrogen-bond donors (Lipinski definition) is 0. The Morgan fingerprint density at radius 3 is 2.53 bits per heavy atom. The molecule has 0 spiro atoms. The highest BCUT2D eigenvalue weighted by atomic mass is 35.5. The maximum atomic E-state index is 11.5. The SMILES string of the molecule is C[Si](C)(C)C#CC(=O)c1ccc(Cl)cn1. The molecule has 0 aliphatic heterocycles. The summed E-state index contributed by atoms with van der Waals surface area (Å²) in [6, 6.07) is 3.22. The van der Waals surface area contributed by atoms with E-state index in [1.54, 1.807) is 12.1 Å². The lowest BCUT2D eigenvalue weighted by Crippen LogP contribution is -2.17. The van der Waals surface area contributed by atoms with Crippen LogP contribution in [0.3, 0.4) is 0 Å². The summed E-state index contributed by atoms with van der Waals surface area (Å²) in [7, 11) is -1.50. The molecule has 0 N–H and O–H groups in total. The molecule has 0 amide bonds. The molecule has 4 heteroatoms. The third kappa shape index (κ3) is 4.28. The summed E-state index contributed by atoms with van der Waals surface area (Å²) in [5.41, 5.74) is 3.35. The van der Waals surface area contributed by atoms with Crippen molar-refractivity contribution >= 4 is 25.5 Å². The number of aromatic nitrogens is 1. The number of Topliss-reactive ketones (excluding diaryl/α,β-unsaturated/α-hetero) is 1. The number of carbonyl (C=O) groups is 1. The summed E-state index contributed by atoms with van der Waals surface area (Å²) in [6.45, 7) is 6.26. The van der Waals surface area contributed by atoms with Crippen molar-refractivity contribution in [2.24, 2.45) is 0 Å². The molecule has 0 saturated carbocycles. The molecule has 0 unspecified atom stereocenters. The van der Waals surface area contributed by atoms with Gasteiger partial charge in [-0.3, -0.25) is 9.78 Å². The Labute approximate surface area is 95.7 Å². The van der Waals surface area contributed by atoms with Gasteiger partial charge in [-0.25, -0.2) is 0 Å². The number of pyridine rings is 1. The highest BCUT2D eigenvalue weighted by Gasteiger charge is 2.09. The standard InChI is InChI=1S/C11H12ClNOSi/c1-15(2,3)7-6-11(14)10-5-4-9(12)8-13-10/h4-5,8H,1-3H3. The molecule has 0 atom stereocenters. The molecule has 0 saturated heterocycles. The van der Waals surface area contributed by atoms with E-state index >= 15 is 0 Å². The summed E-state index contributed by atoms with van der Waals surface area (Å²) in [5.74, 6) is 2.38. The van der Waals surface area contributed by atoms with E-state index < -0.39 is 8.07 Å². The Morgan fingerprint density at radius 1 is 1.40 bits per heavy atom. The van der Waals surface area contributed by atoms with Crippen LogP contribution in [0.5, 0.6) is 0 Å². The topological polar surface area (TPSA) is 30.0 Å². The van der Waals surface area contributed by atoms with Crippen LogP contribution < -0.4 is 0 Å². The Balaban J connectivity index is 2.86. The van der Waals surface area contributed by atoms with Gasteiger partial charge in [-0.15, -0.1) is 5.54 Å². The maximum absolute atomic E-state index is 11.5. The summed E-state index contributed by atoms with van der Waals surface area (Å²) >= 11 is 5.66. The van der Waals surface area contributed by atoms with Crippen LogP contribution >= 0.6 is 11.6 Å². The lowest BCUT2D eigenvalue weighted by atomic mass is 10.2. The molecule has 1 heterocycles. The maximum Gasteiger partial charge on any atom is 0.253 e. The van der Waals surface area contributed by atoms with Crippen molar-refractivity contribution < 1.29 is 4.79 Å². The van der Waals surface area contributed by atoms with E-state index in [4.69, 9.17) is 11.6 Å². The van der Waals surface area contributed by atoms with Crippen LogP contribution in [0.1, 0.15) is 10.5 Å². The number of halogens is 1. The summed E-state index contributed by atoms with van der Waals surface area (Å²) in [6.07, 6.45) is 1.45. The number of rotatable bonds is 1. The second-order valence-electron chi connectivity index (χ2n) is 4.19. The smallest absolute Gasteiger partial charge is 0.253 e. The molecule has 0 aliphatic rings. The Kier molecular flexibility index (Phi) is 3.67. The molecule has 2 nitrogen and oxygen atoms in total. The third-order valence-corrected chi connectivity index (χ3v) is 2.61. The summed E-state index contributed by atoms with van der Waals surface area (Å²) in [4.78, 5) is 15.5. The minimum absolute atomic E-state index is 0.242. The van der Waals surface area contributed by atoms with Crippen molar-refractivity contribution in [1.29, 1.82) is 0 Å². The van der Waals surface area contributed by atoms with Crippen molar-refractivity contribution in [2.75, 3.05) is 0 Å². The van der Waals surface area contributed by atoms with Crippen molar-refractivity contribution in [3.63, 3.8) is 0 Å². The lowest BCUT2D eigenvalue weighted by Gasteiger charge is -2.02. The summed E-state index contributed by atoms with van der Waals surface area (Å²) < 4.78 is 0. The zero-order chi connectivity index (χ0) is 11.5. The van der Waals surface area contributed by atoms with Crippen LogP contribution in [0.25, 0.3) is 0 Å². The zero-order valence-corrected chi connectivity index (χ0v) is 10.7. The van der Waals surface area contributed by atoms with Crippen molar-refractivity contribution in [1.82, 2.24) is 4.98 Å². The Hall–Kier alpha value is -1.11. The van der Waals surface area contributed by atoms with E-state index in [9.17, 15) is 4.79 Å². The molecule has 1 rings (SSSR count). The predicted octanol–water partition coefficient (Wildman–Crippen LogP) is 2.80. The van der Waals surface area contributed by atoms with Crippen LogP contribution in [-0.4, -0.2) is 18.8 Å². The van der Waals surface area contributed by atoms with Gasteiger partial charge in [0.15, 0.2) is 0 Å². The summed E-state index contributed by atoms with van der Waals surface area (Å²) in [5, 5.41) is 0.518. The average molecular weight is 238 g/mol. The first kappa shape index (κ1) is 12.0. The first-order valence-corrected chi connectivity index (χ1v) is 8.45. The van der Waals surface area contributed by atoms with Gasteiger partial charge in [0.2, 0.25) is 0 Å². The fourth-order valence-corrected chi connectivity index (χ4v) is 1.42. The quantitative estimate of drug-likeness (QED) is 0.427. The predicted molar refractivity (Wildman–Crippen MR) is 64.7 cm³/mol. The van der Waals surface area contributed by atoms with Gasteiger partial charge in [0.1, 0.15) is 13.8 Å². The molecule has 0 aliphatic carbocycles. The number of hydrogen-bond acceptors (Lipinski definition) is 2. The van der Waals surface area contributed by atoms with Crippen LogP contribution in [-0.2, 0) is 0 Å². The average Bonchev–Trinajstić information content (AvgIpc) is 2.14. The van der Waals surface area contributed by atoms with Crippen LogP contribution in [0.2, 0.25) is 24.7 Å². The van der Waals surface area contributed by atoms with Crippen molar-refractivity contribution in [3.8, 4) is 11.5 Å². The van der Waals surface area contributed by atoms with Crippen molar-refractivity contribution in [3.05, 3.63) is 29.0 Å². The van der Waals surface area contributed by atoms with Crippen molar-refractivity contribution in [2.45, 2.75) is 19.6 Å². The van der Waals surface area contributed by atoms with E-state index in [0.29, 0.717) is 10.7 Å². The largest absolute Gasteiger partial charge is 0.277 e. The van der Waals surface area contributed by atoms with E-state index in [1.807, 2.05) is 0 Å². The second kappa shape index (κ2) is 4.60. The van der Waals surface area contributed by atoms with Gasteiger partial charge in [0, 0.05) is 6.20 Å². The van der Waals surface area contributed by atoms with Crippen LogP contribution in [0.4, 0.5) is 0 Å². The number of nitrogens with zero attached hydrogens (tertiary/aromatic N) is 1. The molecule has 1 aromatic rings. The van der Waals surface area contributed by atoms with Crippen LogP contribution in [0.15, 0.2) is 18.3 Å². The van der Waals surface area contributed by atoms with Gasteiger partial charge >= 0.3 is 0 Å². The van der Waals surface area contributed by atoms with Crippen LogP contribution in [0, 0.1) is 11.5 Å². The molecule has 0 radical (unpaired) electrons. The van der Waals surface area contributed by atoms with Gasteiger partial charge in [-0.1, -0.05) is 31.2 Å². The highest BCUT2D eigenvalue weighted by molar-refractivity contribution is 6.84. The molecular weight excluding hydrogens is 226 g/mol. The Morgan fingerprint density at radius 2 is 2.07 bits per heavy atom. The first-order chi connectivity index (χ1) is 6.88. The van der Waals surface area contributed by atoms with E-state index in [0.717, 1.165) is 0 Å². The number of ketones is 1. The fraction of sp³-hybridized carbons (Fsp3) is 0.273. The fourth-order valence-electron chi connectivity index (χ4n) is 0.818. The van der Waals surface area contributed by atoms with Gasteiger partial charge < -0.3 is 0 Å². The second-order valence-corrected chi connectivity index (χ2v) is 9.38. The molecule has 0 fully saturated rings. The normalized spacial score (nSPS) is 10.4. The van der Waals surface area contributed by atoms with Gasteiger partial charge in [-0.2, -0.15) is 0 Å². The molecule has 1 aromatic heterocycles. The molecule has 78 valence electrons. The first-order valence-electron chi connectivity index (χ1n) is 4.57. The minimum Gasteiger partial charge on any atom is -0.277 e. The van der Waals surface area contributed by atoms with Gasteiger partial charge in [0.05, 0.1) is 5.02 Å². The lowest BCUT2D eigenvalue weighted by molar-refractivity contribution is 0.105.